The molecule has 5 nitrogen and oxygen atoms in total. The molecule has 2 aromatic carbocycles. The summed E-state index contributed by atoms with van der Waals surface area (Å²) in [7, 11) is 1.58. The SMILES string of the molecule is COc1ccc(CN2CCOc3c(OC(F)F)ccc(C(=O)Cl)c32)cc1. The number of benzene rings is 2. The fourth-order valence-electron chi connectivity index (χ4n) is 2.83. The second kappa shape index (κ2) is 7.78. The van der Waals surface area contributed by atoms with Gasteiger partial charge in [-0.25, -0.2) is 0 Å². The van der Waals surface area contributed by atoms with Crippen molar-refractivity contribution >= 4 is 22.5 Å². The van der Waals surface area contributed by atoms with Crippen LogP contribution in [0.5, 0.6) is 17.2 Å². The summed E-state index contributed by atoms with van der Waals surface area (Å²) in [6, 6.07) is 10.0. The first-order valence-electron chi connectivity index (χ1n) is 7.82. The lowest BCUT2D eigenvalue weighted by Crippen LogP contribution is -2.33. The Morgan fingerprint density at radius 2 is 2.00 bits per heavy atom. The Morgan fingerprint density at radius 3 is 2.62 bits per heavy atom. The highest BCUT2D eigenvalue weighted by atomic mass is 35.5. The van der Waals surface area contributed by atoms with E-state index in [9.17, 15) is 13.6 Å². The van der Waals surface area contributed by atoms with Gasteiger partial charge in [0.25, 0.3) is 5.24 Å². The second-order valence-corrected chi connectivity index (χ2v) is 5.90. The van der Waals surface area contributed by atoms with E-state index in [4.69, 9.17) is 21.1 Å². The van der Waals surface area contributed by atoms with E-state index in [-0.39, 0.29) is 23.7 Å². The van der Waals surface area contributed by atoms with Crippen LogP contribution in [0.15, 0.2) is 36.4 Å². The van der Waals surface area contributed by atoms with Gasteiger partial charge in [0.05, 0.1) is 24.9 Å². The van der Waals surface area contributed by atoms with Crippen LogP contribution in [0.25, 0.3) is 0 Å². The lowest BCUT2D eigenvalue weighted by molar-refractivity contribution is -0.0515. The third-order valence-electron chi connectivity index (χ3n) is 3.98. The van der Waals surface area contributed by atoms with Gasteiger partial charge in [0, 0.05) is 6.54 Å². The Hall–Kier alpha value is -2.54. The van der Waals surface area contributed by atoms with E-state index in [1.165, 1.54) is 12.1 Å². The molecule has 26 heavy (non-hydrogen) atoms. The number of methoxy groups -OCH3 is 1. The van der Waals surface area contributed by atoms with Crippen molar-refractivity contribution in [2.75, 3.05) is 25.2 Å². The van der Waals surface area contributed by atoms with E-state index in [1.54, 1.807) is 7.11 Å². The number of rotatable bonds is 6. The highest BCUT2D eigenvalue weighted by Crippen LogP contribution is 2.44. The van der Waals surface area contributed by atoms with E-state index in [2.05, 4.69) is 4.74 Å². The number of halogens is 3. The number of carbonyl (C=O) groups excluding carboxylic acids is 1. The Bertz CT molecular complexity index is 799. The molecule has 0 radical (unpaired) electrons. The van der Waals surface area contributed by atoms with Crippen LogP contribution >= 0.6 is 11.6 Å². The van der Waals surface area contributed by atoms with Crippen LogP contribution in [-0.2, 0) is 6.54 Å². The van der Waals surface area contributed by atoms with Crippen LogP contribution in [0.2, 0.25) is 0 Å². The monoisotopic (exact) mass is 383 g/mol. The molecule has 0 atom stereocenters. The Morgan fingerprint density at radius 1 is 1.27 bits per heavy atom. The third-order valence-corrected chi connectivity index (χ3v) is 4.18. The van der Waals surface area contributed by atoms with E-state index >= 15 is 0 Å². The zero-order valence-electron chi connectivity index (χ0n) is 13.9. The summed E-state index contributed by atoms with van der Waals surface area (Å²) in [6.07, 6.45) is 0. The first-order valence-corrected chi connectivity index (χ1v) is 8.19. The van der Waals surface area contributed by atoms with Gasteiger partial charge >= 0.3 is 6.61 Å². The van der Waals surface area contributed by atoms with Crippen molar-refractivity contribution in [3.8, 4) is 17.2 Å². The summed E-state index contributed by atoms with van der Waals surface area (Å²) in [4.78, 5) is 13.7. The average molecular weight is 384 g/mol. The number of ether oxygens (including phenoxy) is 3. The largest absolute Gasteiger partial charge is 0.497 e. The lowest BCUT2D eigenvalue weighted by Gasteiger charge is -2.33. The van der Waals surface area contributed by atoms with Gasteiger partial charge in [0.2, 0.25) is 0 Å². The summed E-state index contributed by atoms with van der Waals surface area (Å²) in [5.41, 5.74) is 1.48. The molecular weight excluding hydrogens is 368 g/mol. The smallest absolute Gasteiger partial charge is 0.387 e. The molecule has 0 aliphatic carbocycles. The van der Waals surface area contributed by atoms with Gasteiger partial charge in [0.15, 0.2) is 11.5 Å². The molecule has 0 saturated heterocycles. The average Bonchev–Trinajstić information content (AvgIpc) is 2.62. The molecule has 0 aromatic heterocycles. The molecule has 0 saturated carbocycles. The topological polar surface area (TPSA) is 48.0 Å². The molecule has 0 amide bonds. The molecule has 8 heteroatoms. The molecule has 2 aromatic rings. The molecule has 3 rings (SSSR count). The van der Waals surface area contributed by atoms with E-state index in [0.29, 0.717) is 18.8 Å². The van der Waals surface area contributed by atoms with Crippen molar-refractivity contribution in [3.05, 3.63) is 47.5 Å². The number of carbonyl (C=O) groups is 1. The summed E-state index contributed by atoms with van der Waals surface area (Å²) < 4.78 is 40.5. The van der Waals surface area contributed by atoms with E-state index in [1.807, 2.05) is 29.2 Å². The summed E-state index contributed by atoms with van der Waals surface area (Å²) in [5.74, 6) is 0.688. The molecule has 1 heterocycles. The van der Waals surface area contributed by atoms with Gasteiger partial charge in [-0.15, -0.1) is 0 Å². The summed E-state index contributed by atoms with van der Waals surface area (Å²) >= 11 is 5.68. The van der Waals surface area contributed by atoms with Gasteiger partial charge in [-0.3, -0.25) is 4.79 Å². The zero-order chi connectivity index (χ0) is 18.7. The van der Waals surface area contributed by atoms with Crippen LogP contribution in [0.4, 0.5) is 14.5 Å². The maximum atomic E-state index is 12.7. The van der Waals surface area contributed by atoms with Gasteiger partial charge in [-0.2, -0.15) is 8.78 Å². The Balaban J connectivity index is 1.98. The number of hydrogen-bond acceptors (Lipinski definition) is 5. The standard InChI is InChI=1S/C18H16ClF2NO4/c1-24-12-4-2-11(3-5-12)10-22-8-9-25-16-14(26-18(20)21)7-6-13(15(16)22)17(19)23/h2-7,18H,8-10H2,1H3. The van der Waals surface area contributed by atoms with Crippen molar-refractivity contribution in [2.24, 2.45) is 0 Å². The molecule has 0 bridgehead atoms. The Labute approximate surface area is 154 Å². The molecule has 138 valence electrons. The van der Waals surface area contributed by atoms with Crippen molar-refractivity contribution in [1.82, 2.24) is 0 Å². The van der Waals surface area contributed by atoms with E-state index in [0.717, 1.165) is 11.3 Å². The highest BCUT2D eigenvalue weighted by Gasteiger charge is 2.28. The van der Waals surface area contributed by atoms with Crippen molar-refractivity contribution < 1.29 is 27.8 Å². The first-order chi connectivity index (χ1) is 12.5. The van der Waals surface area contributed by atoms with Gasteiger partial charge in [-0.1, -0.05) is 12.1 Å². The maximum Gasteiger partial charge on any atom is 0.387 e. The molecular formula is C18H16ClF2NO4. The summed E-state index contributed by atoms with van der Waals surface area (Å²) in [6.45, 7) is -1.83. The van der Waals surface area contributed by atoms with Gasteiger partial charge < -0.3 is 19.1 Å². The zero-order valence-corrected chi connectivity index (χ0v) is 14.6. The van der Waals surface area contributed by atoms with E-state index < -0.39 is 11.9 Å². The Kier molecular flexibility index (Phi) is 5.46. The number of alkyl halides is 2. The minimum Gasteiger partial charge on any atom is -0.497 e. The molecule has 0 spiro atoms. The lowest BCUT2D eigenvalue weighted by atomic mass is 10.1. The van der Waals surface area contributed by atoms with Crippen LogP contribution < -0.4 is 19.1 Å². The van der Waals surface area contributed by atoms with Gasteiger partial charge in [0.1, 0.15) is 12.4 Å². The van der Waals surface area contributed by atoms with Crippen molar-refractivity contribution in [1.29, 1.82) is 0 Å². The second-order valence-electron chi connectivity index (χ2n) is 5.56. The molecule has 0 fully saturated rings. The number of anilines is 1. The molecule has 0 unspecified atom stereocenters. The van der Waals surface area contributed by atoms with Crippen LogP contribution in [-0.4, -0.2) is 32.1 Å². The van der Waals surface area contributed by atoms with Gasteiger partial charge in [-0.05, 0) is 41.4 Å². The minimum atomic E-state index is -3.00. The quantitative estimate of drug-likeness (QED) is 0.704. The normalized spacial score (nSPS) is 13.2. The number of hydrogen-bond donors (Lipinski definition) is 0. The molecule has 1 aliphatic heterocycles. The predicted octanol–water partition coefficient (Wildman–Crippen LogP) is 4.07. The predicted molar refractivity (Wildman–Crippen MR) is 92.8 cm³/mol. The summed E-state index contributed by atoms with van der Waals surface area (Å²) in [5, 5.41) is -0.699. The molecule has 1 aliphatic rings. The fraction of sp³-hybridized carbons (Fsp3) is 0.278. The highest BCUT2D eigenvalue weighted by molar-refractivity contribution is 6.68. The first kappa shape index (κ1) is 18.3. The molecule has 0 N–H and O–H groups in total. The van der Waals surface area contributed by atoms with Crippen molar-refractivity contribution in [2.45, 2.75) is 13.2 Å². The maximum absolute atomic E-state index is 12.7. The van der Waals surface area contributed by atoms with Crippen molar-refractivity contribution in [3.63, 3.8) is 0 Å². The number of fused-ring (bicyclic) bond motifs is 1. The minimum absolute atomic E-state index is 0.0940. The van der Waals surface area contributed by atoms with Crippen LogP contribution in [0.1, 0.15) is 15.9 Å². The third kappa shape index (κ3) is 3.83. The van der Waals surface area contributed by atoms with Crippen LogP contribution in [0.3, 0.4) is 0 Å². The van der Waals surface area contributed by atoms with Crippen LogP contribution in [0, 0.1) is 0 Å². The number of nitrogens with zero attached hydrogens (tertiary/aromatic N) is 1. The fourth-order valence-corrected chi connectivity index (χ4v) is 2.99.